The molecule has 0 saturated heterocycles. The van der Waals surface area contributed by atoms with Gasteiger partial charge in [0.2, 0.25) is 0 Å². The van der Waals surface area contributed by atoms with Crippen LogP contribution in [0.3, 0.4) is 0 Å². The van der Waals surface area contributed by atoms with Gasteiger partial charge < -0.3 is 24.6 Å². The van der Waals surface area contributed by atoms with Gasteiger partial charge in [0.1, 0.15) is 5.60 Å². The number of nitrogens with one attached hydrogen (secondary N) is 3. The van der Waals surface area contributed by atoms with Crippen molar-refractivity contribution in [3.8, 4) is 0 Å². The van der Waals surface area contributed by atoms with Gasteiger partial charge in [-0.2, -0.15) is 0 Å². The normalized spacial score (nSPS) is 19.1. The molecular weight excluding hydrogens is 374 g/mol. The van der Waals surface area contributed by atoms with E-state index in [0.29, 0.717) is 12.1 Å². The second-order valence-electron chi connectivity index (χ2n) is 6.93. The summed E-state index contributed by atoms with van der Waals surface area (Å²) in [4.78, 5) is 12.2. The van der Waals surface area contributed by atoms with E-state index in [9.17, 15) is 13.6 Å². The zero-order valence-corrected chi connectivity index (χ0v) is 16.8. The van der Waals surface area contributed by atoms with Crippen molar-refractivity contribution in [3.05, 3.63) is 40.9 Å². The highest BCUT2D eigenvalue weighted by Gasteiger charge is 2.25. The van der Waals surface area contributed by atoms with Gasteiger partial charge in [0.15, 0.2) is 0 Å². The minimum Gasteiger partial charge on any atom is -0.755 e. The van der Waals surface area contributed by atoms with Gasteiger partial charge in [-0.05, 0) is 57.2 Å². The van der Waals surface area contributed by atoms with Crippen LogP contribution in [0, 0.1) is 0 Å². The van der Waals surface area contributed by atoms with Gasteiger partial charge in [-0.1, -0.05) is 12.1 Å². The minimum atomic E-state index is -2.35. The number of hydrogen-bond acceptors (Lipinski definition) is 6. The van der Waals surface area contributed by atoms with Crippen LogP contribution in [0.1, 0.15) is 33.3 Å². The zero-order chi connectivity index (χ0) is 19.3. The maximum absolute atomic E-state index is 12.2. The highest BCUT2D eigenvalue weighted by molar-refractivity contribution is 8.02. The Labute approximate surface area is 160 Å². The van der Waals surface area contributed by atoms with Crippen LogP contribution in [-0.4, -0.2) is 31.9 Å². The number of rotatable bonds is 6. The summed E-state index contributed by atoms with van der Waals surface area (Å²) in [7, 11) is 0. The van der Waals surface area contributed by atoms with Gasteiger partial charge in [-0.15, -0.1) is 11.8 Å². The molecule has 0 spiro atoms. The molecule has 1 aliphatic rings. The lowest BCUT2D eigenvalue weighted by molar-refractivity contribution is 0.0510. The van der Waals surface area contributed by atoms with Crippen LogP contribution in [0.5, 0.6) is 0 Å². The number of carbonyl (C=O) groups excluding carboxylic acids is 1. The lowest BCUT2D eigenvalue weighted by Gasteiger charge is -2.25. The van der Waals surface area contributed by atoms with Crippen LogP contribution in [0.4, 0.5) is 10.5 Å². The molecule has 0 aliphatic carbocycles. The molecule has 0 aromatic heterocycles. The van der Waals surface area contributed by atoms with Crippen molar-refractivity contribution in [2.45, 2.75) is 51.1 Å². The quantitative estimate of drug-likeness (QED) is 0.637. The Bertz CT molecular complexity index is 686. The number of benzene rings is 1. The second kappa shape index (κ2) is 8.79. The van der Waals surface area contributed by atoms with Gasteiger partial charge in [0, 0.05) is 22.7 Å². The number of thioether (sulfide) groups is 1. The number of ether oxygens (including phenoxy) is 1. The van der Waals surface area contributed by atoms with Crippen LogP contribution in [0.2, 0.25) is 0 Å². The molecule has 1 amide bonds. The summed E-state index contributed by atoms with van der Waals surface area (Å²) in [5, 5.41) is 8.50. The molecule has 0 fully saturated rings. The van der Waals surface area contributed by atoms with Gasteiger partial charge >= 0.3 is 6.09 Å². The maximum atomic E-state index is 12.2. The average molecular weight is 399 g/mol. The van der Waals surface area contributed by atoms with Crippen molar-refractivity contribution < 1.29 is 18.3 Å². The molecule has 0 bridgehead atoms. The maximum Gasteiger partial charge on any atom is 0.408 e. The number of carbonyl (C=O) groups is 1. The number of alkyl carbamates (subject to hydrolysis) is 1. The number of hydrogen-bond donors (Lipinski definition) is 3. The lowest BCUT2D eigenvalue weighted by Crippen LogP contribution is -2.44. The first-order valence-electron chi connectivity index (χ1n) is 8.19. The third-order valence-corrected chi connectivity index (χ3v) is 4.75. The zero-order valence-electron chi connectivity index (χ0n) is 15.2. The summed E-state index contributed by atoms with van der Waals surface area (Å²) in [6.07, 6.45) is 0.0707. The number of anilines is 1. The molecule has 0 saturated carbocycles. The van der Waals surface area contributed by atoms with Crippen molar-refractivity contribution in [2.24, 2.45) is 0 Å². The first-order chi connectivity index (χ1) is 12.1. The van der Waals surface area contributed by atoms with E-state index in [1.165, 1.54) is 0 Å². The number of amides is 1. The second-order valence-corrected chi connectivity index (χ2v) is 8.82. The molecule has 2 unspecified atom stereocenters. The van der Waals surface area contributed by atoms with Crippen LogP contribution in [0.25, 0.3) is 0 Å². The first-order valence-corrected chi connectivity index (χ1v) is 10.2. The molecule has 1 heterocycles. The van der Waals surface area contributed by atoms with E-state index in [0.717, 1.165) is 11.3 Å². The molecule has 1 aromatic carbocycles. The standard InChI is InChI=1S/C17H25N3O4S2/c1-11-18-15(10-25-11)14(19-16(21)24-17(2,3)4)9-12-5-7-13(8-6-12)20-26(22)23/h5-8,10-11,14,18,20H,9H2,1-4H3,(H,19,21)(H,22,23)/p-1/t11?,14-/m0/s1. The Morgan fingerprint density at radius 3 is 2.54 bits per heavy atom. The average Bonchev–Trinajstić information content (AvgIpc) is 2.92. The highest BCUT2D eigenvalue weighted by atomic mass is 32.2. The van der Waals surface area contributed by atoms with Gasteiger partial charge in [-0.3, -0.25) is 4.21 Å². The van der Waals surface area contributed by atoms with E-state index in [2.05, 4.69) is 15.4 Å². The van der Waals surface area contributed by atoms with Gasteiger partial charge in [0.25, 0.3) is 0 Å². The Balaban J connectivity index is 2.08. The summed E-state index contributed by atoms with van der Waals surface area (Å²) in [6, 6.07) is 6.75. The van der Waals surface area contributed by atoms with E-state index in [-0.39, 0.29) is 11.4 Å². The molecule has 2 rings (SSSR count). The summed E-state index contributed by atoms with van der Waals surface area (Å²) in [5.41, 5.74) is 1.80. The van der Waals surface area contributed by atoms with Crippen LogP contribution >= 0.6 is 11.8 Å². The smallest absolute Gasteiger partial charge is 0.408 e. The first kappa shape index (κ1) is 20.6. The van der Waals surface area contributed by atoms with E-state index < -0.39 is 23.0 Å². The van der Waals surface area contributed by atoms with Crippen LogP contribution in [-0.2, 0) is 22.4 Å². The van der Waals surface area contributed by atoms with Crippen molar-refractivity contribution in [3.63, 3.8) is 0 Å². The molecular formula is C17H24N3O4S2-. The van der Waals surface area contributed by atoms with Crippen molar-refractivity contribution in [1.29, 1.82) is 0 Å². The molecule has 26 heavy (non-hydrogen) atoms. The fourth-order valence-electron chi connectivity index (χ4n) is 2.39. The predicted molar refractivity (Wildman–Crippen MR) is 104 cm³/mol. The van der Waals surface area contributed by atoms with Crippen LogP contribution < -0.4 is 15.4 Å². The monoisotopic (exact) mass is 398 g/mol. The molecule has 9 heteroatoms. The van der Waals surface area contributed by atoms with E-state index in [4.69, 9.17) is 4.74 Å². The summed E-state index contributed by atoms with van der Waals surface area (Å²) in [6.45, 7) is 7.50. The fourth-order valence-corrected chi connectivity index (χ4v) is 3.51. The third kappa shape index (κ3) is 6.89. The van der Waals surface area contributed by atoms with Crippen LogP contribution in [0.15, 0.2) is 35.4 Å². The van der Waals surface area contributed by atoms with Crippen molar-refractivity contribution in [2.75, 3.05) is 4.72 Å². The lowest BCUT2D eigenvalue weighted by atomic mass is 10.0. The minimum absolute atomic E-state index is 0.242. The Kier molecular flexibility index (Phi) is 6.96. The summed E-state index contributed by atoms with van der Waals surface area (Å²) in [5.74, 6) is 0. The molecule has 1 aliphatic heterocycles. The van der Waals surface area contributed by atoms with Crippen molar-refractivity contribution >= 4 is 34.8 Å². The Morgan fingerprint density at radius 2 is 2.04 bits per heavy atom. The van der Waals surface area contributed by atoms with Gasteiger partial charge in [-0.25, -0.2) is 4.79 Å². The Hall–Kier alpha value is -1.71. The molecule has 1 aromatic rings. The fraction of sp³-hybridized carbons (Fsp3) is 0.471. The molecule has 144 valence electrons. The summed E-state index contributed by atoms with van der Waals surface area (Å²) < 4.78 is 29.0. The molecule has 3 atom stereocenters. The summed E-state index contributed by atoms with van der Waals surface area (Å²) >= 11 is -0.703. The SMILES string of the molecule is CC1NC([C@H](Cc2ccc(NS(=O)[O-])cc2)NC(=O)OC(C)(C)C)=CS1. The van der Waals surface area contributed by atoms with Crippen molar-refractivity contribution in [1.82, 2.24) is 10.6 Å². The molecule has 7 nitrogen and oxygen atoms in total. The van der Waals surface area contributed by atoms with Gasteiger partial charge in [0.05, 0.1) is 11.4 Å². The Morgan fingerprint density at radius 1 is 1.38 bits per heavy atom. The molecule has 0 radical (unpaired) electrons. The van der Waals surface area contributed by atoms with E-state index in [1.54, 1.807) is 23.9 Å². The molecule has 3 N–H and O–H groups in total. The van der Waals surface area contributed by atoms with E-state index in [1.807, 2.05) is 45.2 Å². The predicted octanol–water partition coefficient (Wildman–Crippen LogP) is 2.85. The third-order valence-electron chi connectivity index (χ3n) is 3.43. The largest absolute Gasteiger partial charge is 0.755 e. The van der Waals surface area contributed by atoms with E-state index >= 15 is 0 Å². The topological polar surface area (TPSA) is 103 Å². The highest BCUT2D eigenvalue weighted by Crippen LogP contribution is 2.24.